The number of hydrogen-bond acceptors (Lipinski definition) is 2. The van der Waals surface area contributed by atoms with Crippen molar-refractivity contribution in [3.8, 4) is 5.75 Å². The summed E-state index contributed by atoms with van der Waals surface area (Å²) in [6.07, 6.45) is 1.10. The molecule has 0 aromatic heterocycles. The predicted molar refractivity (Wildman–Crippen MR) is 92.0 cm³/mol. The quantitative estimate of drug-likeness (QED) is 0.805. The topological polar surface area (TPSA) is 21.3 Å². The lowest BCUT2D eigenvalue weighted by molar-refractivity contribution is 0.403. The van der Waals surface area contributed by atoms with Crippen LogP contribution >= 0.6 is 15.9 Å². The van der Waals surface area contributed by atoms with Crippen LogP contribution in [-0.4, -0.2) is 13.7 Å². The van der Waals surface area contributed by atoms with E-state index in [9.17, 15) is 0 Å². The van der Waals surface area contributed by atoms with Gasteiger partial charge < -0.3 is 10.1 Å². The third-order valence-electron chi connectivity index (χ3n) is 3.48. The molecule has 2 aromatic carbocycles. The van der Waals surface area contributed by atoms with Gasteiger partial charge in [0.1, 0.15) is 5.75 Å². The second-order valence-electron chi connectivity index (χ2n) is 5.19. The molecule has 1 N–H and O–H groups in total. The Morgan fingerprint density at radius 1 is 1.19 bits per heavy atom. The second-order valence-corrected chi connectivity index (χ2v) is 6.10. The summed E-state index contributed by atoms with van der Waals surface area (Å²) >= 11 is 3.56. The van der Waals surface area contributed by atoms with Gasteiger partial charge in [-0.15, -0.1) is 0 Å². The maximum Gasteiger partial charge on any atom is 0.123 e. The average molecular weight is 348 g/mol. The number of rotatable bonds is 6. The average Bonchev–Trinajstić information content (AvgIpc) is 2.48. The van der Waals surface area contributed by atoms with E-state index in [1.165, 1.54) is 16.7 Å². The van der Waals surface area contributed by atoms with Gasteiger partial charge in [-0.25, -0.2) is 0 Å². The van der Waals surface area contributed by atoms with E-state index < -0.39 is 0 Å². The van der Waals surface area contributed by atoms with Gasteiger partial charge in [-0.1, -0.05) is 52.7 Å². The lowest BCUT2D eigenvalue weighted by Gasteiger charge is -2.22. The van der Waals surface area contributed by atoms with Crippen LogP contribution in [0.1, 0.15) is 36.1 Å². The van der Waals surface area contributed by atoms with E-state index in [0.29, 0.717) is 0 Å². The lowest BCUT2D eigenvalue weighted by atomic mass is 9.96. The van der Waals surface area contributed by atoms with E-state index in [1.807, 2.05) is 12.1 Å². The number of nitrogens with one attached hydrogen (secondary N) is 1. The molecule has 3 heteroatoms. The standard InChI is InChI=1S/C18H22BrNO/c1-4-10-20-18(14-6-5-7-15(19)12-14)16-11-13(2)8-9-17(16)21-3/h5-9,11-12,18,20H,4,10H2,1-3H3. The summed E-state index contributed by atoms with van der Waals surface area (Å²) in [6, 6.07) is 14.9. The molecule has 0 aliphatic heterocycles. The minimum absolute atomic E-state index is 0.136. The minimum atomic E-state index is 0.136. The van der Waals surface area contributed by atoms with E-state index >= 15 is 0 Å². The molecule has 0 radical (unpaired) electrons. The highest BCUT2D eigenvalue weighted by molar-refractivity contribution is 9.10. The molecular formula is C18H22BrNO. The monoisotopic (exact) mass is 347 g/mol. The molecule has 21 heavy (non-hydrogen) atoms. The second kappa shape index (κ2) is 7.62. The summed E-state index contributed by atoms with van der Waals surface area (Å²) in [6.45, 7) is 5.26. The van der Waals surface area contributed by atoms with Crippen molar-refractivity contribution >= 4 is 15.9 Å². The summed E-state index contributed by atoms with van der Waals surface area (Å²) in [5, 5.41) is 3.63. The zero-order valence-corrected chi connectivity index (χ0v) is 14.4. The molecule has 0 saturated heterocycles. The van der Waals surface area contributed by atoms with Crippen LogP contribution < -0.4 is 10.1 Å². The molecule has 0 aliphatic carbocycles. The van der Waals surface area contributed by atoms with Crippen LogP contribution in [0.25, 0.3) is 0 Å². The molecule has 2 aromatic rings. The fourth-order valence-corrected chi connectivity index (χ4v) is 2.88. The Kier molecular flexibility index (Phi) is 5.83. The van der Waals surface area contributed by atoms with Gasteiger partial charge >= 0.3 is 0 Å². The number of ether oxygens (including phenoxy) is 1. The fourth-order valence-electron chi connectivity index (χ4n) is 2.46. The van der Waals surface area contributed by atoms with Gasteiger partial charge in [0.15, 0.2) is 0 Å². The molecule has 1 atom stereocenters. The molecule has 0 heterocycles. The third-order valence-corrected chi connectivity index (χ3v) is 3.97. The smallest absolute Gasteiger partial charge is 0.123 e. The molecule has 112 valence electrons. The van der Waals surface area contributed by atoms with E-state index in [2.05, 4.69) is 65.4 Å². The molecule has 0 fully saturated rings. The predicted octanol–water partition coefficient (Wildman–Crippen LogP) is 4.86. The molecule has 2 nitrogen and oxygen atoms in total. The van der Waals surface area contributed by atoms with Crippen molar-refractivity contribution in [1.82, 2.24) is 5.32 Å². The zero-order chi connectivity index (χ0) is 15.2. The summed E-state index contributed by atoms with van der Waals surface area (Å²) in [4.78, 5) is 0. The van der Waals surface area contributed by atoms with Crippen LogP contribution in [0.2, 0.25) is 0 Å². The van der Waals surface area contributed by atoms with Gasteiger partial charge in [0.2, 0.25) is 0 Å². The van der Waals surface area contributed by atoms with E-state index in [4.69, 9.17) is 4.74 Å². The Morgan fingerprint density at radius 2 is 2.00 bits per heavy atom. The third kappa shape index (κ3) is 4.08. The SMILES string of the molecule is CCCNC(c1cccc(Br)c1)c1cc(C)ccc1OC. The largest absolute Gasteiger partial charge is 0.496 e. The van der Waals surface area contributed by atoms with Crippen molar-refractivity contribution in [2.45, 2.75) is 26.3 Å². The number of halogens is 1. The lowest BCUT2D eigenvalue weighted by Crippen LogP contribution is -2.23. The van der Waals surface area contributed by atoms with Crippen LogP contribution in [0.15, 0.2) is 46.9 Å². The van der Waals surface area contributed by atoms with Crippen LogP contribution in [-0.2, 0) is 0 Å². The molecule has 0 amide bonds. The summed E-state index contributed by atoms with van der Waals surface area (Å²) < 4.78 is 6.65. The van der Waals surface area contributed by atoms with Gasteiger partial charge in [-0.2, -0.15) is 0 Å². The first-order valence-corrected chi connectivity index (χ1v) is 8.08. The number of methoxy groups -OCH3 is 1. The van der Waals surface area contributed by atoms with Crippen LogP contribution in [0.3, 0.4) is 0 Å². The number of benzene rings is 2. The Bertz CT molecular complexity index is 598. The fraction of sp³-hybridized carbons (Fsp3) is 0.333. The highest BCUT2D eigenvalue weighted by atomic mass is 79.9. The minimum Gasteiger partial charge on any atom is -0.496 e. The van der Waals surface area contributed by atoms with Crippen molar-refractivity contribution in [3.63, 3.8) is 0 Å². The summed E-state index contributed by atoms with van der Waals surface area (Å²) in [7, 11) is 1.73. The van der Waals surface area contributed by atoms with Crippen LogP contribution in [0, 0.1) is 6.92 Å². The number of aryl methyl sites for hydroxylation is 1. The molecule has 0 aliphatic rings. The van der Waals surface area contributed by atoms with Gasteiger partial charge in [0.25, 0.3) is 0 Å². The first-order valence-electron chi connectivity index (χ1n) is 7.29. The van der Waals surface area contributed by atoms with Crippen LogP contribution in [0.5, 0.6) is 5.75 Å². The maximum absolute atomic E-state index is 5.56. The zero-order valence-electron chi connectivity index (χ0n) is 12.8. The van der Waals surface area contributed by atoms with Gasteiger partial charge in [0, 0.05) is 10.0 Å². The van der Waals surface area contributed by atoms with Gasteiger partial charge in [-0.3, -0.25) is 0 Å². The Labute approximate surface area is 135 Å². The van der Waals surface area contributed by atoms with Gasteiger partial charge in [-0.05, 0) is 43.7 Å². The number of hydrogen-bond donors (Lipinski definition) is 1. The van der Waals surface area contributed by atoms with Crippen LogP contribution in [0.4, 0.5) is 0 Å². The maximum atomic E-state index is 5.56. The van der Waals surface area contributed by atoms with E-state index in [-0.39, 0.29) is 6.04 Å². The molecule has 0 spiro atoms. The molecule has 0 saturated carbocycles. The molecule has 0 bridgehead atoms. The molecule has 2 rings (SSSR count). The van der Waals surface area contributed by atoms with Gasteiger partial charge in [0.05, 0.1) is 13.2 Å². The molecular weight excluding hydrogens is 326 g/mol. The molecule has 1 unspecified atom stereocenters. The Balaban J connectivity index is 2.47. The summed E-state index contributed by atoms with van der Waals surface area (Å²) in [5.41, 5.74) is 3.66. The first kappa shape index (κ1) is 16.1. The first-order chi connectivity index (χ1) is 10.2. The van der Waals surface area contributed by atoms with Crippen molar-refractivity contribution in [2.24, 2.45) is 0 Å². The Hall–Kier alpha value is -1.32. The van der Waals surface area contributed by atoms with E-state index in [0.717, 1.165) is 23.2 Å². The van der Waals surface area contributed by atoms with Crippen molar-refractivity contribution < 1.29 is 4.74 Å². The Morgan fingerprint density at radius 3 is 2.67 bits per heavy atom. The van der Waals surface area contributed by atoms with E-state index in [1.54, 1.807) is 7.11 Å². The highest BCUT2D eigenvalue weighted by Crippen LogP contribution is 2.32. The highest BCUT2D eigenvalue weighted by Gasteiger charge is 2.18. The van der Waals surface area contributed by atoms with Crippen molar-refractivity contribution in [2.75, 3.05) is 13.7 Å². The van der Waals surface area contributed by atoms with Crippen molar-refractivity contribution in [1.29, 1.82) is 0 Å². The summed E-state index contributed by atoms with van der Waals surface area (Å²) in [5.74, 6) is 0.925. The van der Waals surface area contributed by atoms with Crippen molar-refractivity contribution in [3.05, 3.63) is 63.6 Å². The normalized spacial score (nSPS) is 12.2.